The normalized spacial score (nSPS) is 12.9. The van der Waals surface area contributed by atoms with Crippen LogP contribution in [-0.4, -0.2) is 24.7 Å². The van der Waals surface area contributed by atoms with Gasteiger partial charge in [0.1, 0.15) is 46.0 Å². The van der Waals surface area contributed by atoms with Gasteiger partial charge >= 0.3 is 0 Å². The molecule has 0 saturated heterocycles. The molecule has 0 spiro atoms. The highest BCUT2D eigenvalue weighted by atomic mass is 16.5. The summed E-state index contributed by atoms with van der Waals surface area (Å²) in [6, 6.07) is 174. The van der Waals surface area contributed by atoms with Crippen molar-refractivity contribution in [3.05, 3.63) is 473 Å². The number of benzene rings is 21. The fourth-order valence-electron chi connectivity index (χ4n) is 22.8. The zero-order valence-electron chi connectivity index (χ0n) is 73.7. The average molecular weight is 1730 g/mol. The van der Waals surface area contributed by atoms with Crippen molar-refractivity contribution < 1.29 is 18.9 Å². The van der Waals surface area contributed by atoms with Crippen LogP contribution in [0.4, 0.5) is 34.1 Å². The van der Waals surface area contributed by atoms with Crippen LogP contribution < -0.4 is 77.9 Å². The second-order valence-corrected chi connectivity index (χ2v) is 36.2. The third-order valence-electron chi connectivity index (χ3n) is 28.8. The SMILES string of the molecule is c1ccc(-c2ccc3c(c2)Oc2c4c(cc5c2B2c6ccc(-c7ccccc7)cc6N(c6c(-c7ccccc7)cccc6-c6ccccc6)c6cc(-n7c8cc(-c9ccccc9)ccc8c8ccc(-c9ccccc9)cc87)cc(c62)N5c2c(-c5ccccc5)cccc2-c2ccccc2)Oc2cc5c6c(c2B34)Oc2ccc(-c3ccccc3)cc2B6c2cc(-c3ccccc3)ccc2O5)cc1. The van der Waals surface area contributed by atoms with Crippen molar-refractivity contribution >= 4 is 125 Å². The van der Waals surface area contributed by atoms with Crippen LogP contribution >= 0.6 is 0 Å². The number of anilines is 6. The van der Waals surface area contributed by atoms with E-state index in [4.69, 9.17) is 18.9 Å². The Hall–Kier alpha value is -17.6. The molecular weight excluding hydrogens is 1650 g/mol. The predicted molar refractivity (Wildman–Crippen MR) is 565 cm³/mol. The number of hydrogen-bond donors (Lipinski definition) is 0. The van der Waals surface area contributed by atoms with Crippen molar-refractivity contribution in [3.63, 3.8) is 0 Å². The van der Waals surface area contributed by atoms with Crippen LogP contribution in [0.15, 0.2) is 473 Å². The average Bonchev–Trinajstić information content (AvgIpc) is 0.791. The Labute approximate surface area is 789 Å². The Bertz CT molecular complexity index is 8390. The number of aromatic nitrogens is 1. The van der Waals surface area contributed by atoms with E-state index in [2.05, 4.69) is 488 Å². The summed E-state index contributed by atoms with van der Waals surface area (Å²) in [5.41, 5.74) is 39.5. The van der Waals surface area contributed by atoms with Crippen molar-refractivity contribution in [3.8, 4) is 163 Å². The number of rotatable bonds is 13. The monoisotopic (exact) mass is 1730 g/mol. The molecule has 21 aromatic carbocycles. The topological polar surface area (TPSA) is 48.3 Å². The predicted octanol–water partition coefficient (Wildman–Crippen LogP) is 27.0. The Morgan fingerprint density at radius 1 is 0.169 bits per heavy atom. The molecule has 0 saturated carbocycles. The van der Waals surface area contributed by atoms with E-state index in [-0.39, 0.29) is 6.71 Å². The molecular formula is C126H78B3N3O4. The maximum absolute atomic E-state index is 8.52. The van der Waals surface area contributed by atoms with Gasteiger partial charge in [-0.25, -0.2) is 0 Å². The van der Waals surface area contributed by atoms with Gasteiger partial charge in [0, 0.05) is 84.3 Å². The summed E-state index contributed by atoms with van der Waals surface area (Å²) in [5.74, 6) is 5.62. The quantitative estimate of drug-likeness (QED) is 0.107. The largest absolute Gasteiger partial charge is 0.459 e. The van der Waals surface area contributed by atoms with Gasteiger partial charge in [-0.3, -0.25) is 0 Å². The summed E-state index contributed by atoms with van der Waals surface area (Å²) in [5, 5.41) is 2.26. The van der Waals surface area contributed by atoms with E-state index in [0.717, 1.165) is 239 Å². The molecule has 6 aliphatic rings. The van der Waals surface area contributed by atoms with Gasteiger partial charge in [-0.2, -0.15) is 0 Å². The molecule has 1 aromatic heterocycles. The van der Waals surface area contributed by atoms with Crippen molar-refractivity contribution in [2.45, 2.75) is 0 Å². The summed E-state index contributed by atoms with van der Waals surface area (Å²) in [6.07, 6.45) is 0. The zero-order valence-corrected chi connectivity index (χ0v) is 73.7. The van der Waals surface area contributed by atoms with Crippen molar-refractivity contribution in [1.29, 1.82) is 0 Å². The molecule has 22 aromatic rings. The maximum atomic E-state index is 8.52. The van der Waals surface area contributed by atoms with Gasteiger partial charge in [0.15, 0.2) is 0 Å². The number of nitrogens with zero attached hydrogens (tertiary/aromatic N) is 3. The molecule has 28 rings (SSSR count). The lowest BCUT2D eigenvalue weighted by Crippen LogP contribution is -2.66. The fraction of sp³-hybridized carbons (Fsp3) is 0. The van der Waals surface area contributed by atoms with Crippen LogP contribution in [0, 0.1) is 0 Å². The van der Waals surface area contributed by atoms with Crippen LogP contribution in [-0.2, 0) is 0 Å². The zero-order chi connectivity index (χ0) is 89.2. The van der Waals surface area contributed by atoms with Gasteiger partial charge < -0.3 is 33.3 Å². The maximum Gasteiger partial charge on any atom is 0.265 e. The molecule has 0 N–H and O–H groups in total. The van der Waals surface area contributed by atoms with E-state index >= 15 is 0 Å². The van der Waals surface area contributed by atoms with Gasteiger partial charge in [-0.15, -0.1) is 0 Å². The Morgan fingerprint density at radius 2 is 0.478 bits per heavy atom. The van der Waals surface area contributed by atoms with Crippen LogP contribution in [0.2, 0.25) is 0 Å². The third-order valence-corrected chi connectivity index (χ3v) is 28.8. The Balaban J connectivity index is 0.797. The molecule has 7 heterocycles. The third kappa shape index (κ3) is 12.2. The highest BCUT2D eigenvalue weighted by Gasteiger charge is 2.54. The van der Waals surface area contributed by atoms with Crippen LogP contribution in [0.5, 0.6) is 46.0 Å². The highest BCUT2D eigenvalue weighted by molar-refractivity contribution is 7.04. The van der Waals surface area contributed by atoms with Gasteiger partial charge in [0.2, 0.25) is 0 Å². The molecule has 630 valence electrons. The van der Waals surface area contributed by atoms with E-state index < -0.39 is 13.4 Å². The van der Waals surface area contributed by atoms with E-state index in [1.807, 2.05) is 0 Å². The van der Waals surface area contributed by atoms with E-state index in [0.29, 0.717) is 28.7 Å². The molecule has 136 heavy (non-hydrogen) atoms. The summed E-state index contributed by atoms with van der Waals surface area (Å²) in [4.78, 5) is 5.31. The first-order valence-corrected chi connectivity index (χ1v) is 46.8. The molecule has 6 aliphatic heterocycles. The first-order valence-electron chi connectivity index (χ1n) is 46.8. The highest BCUT2D eigenvalue weighted by Crippen LogP contribution is 2.57. The molecule has 0 atom stereocenters. The molecule has 0 radical (unpaired) electrons. The van der Waals surface area contributed by atoms with E-state index in [9.17, 15) is 0 Å². The summed E-state index contributed by atoms with van der Waals surface area (Å²) >= 11 is 0. The van der Waals surface area contributed by atoms with Gasteiger partial charge in [-0.1, -0.05) is 413 Å². The summed E-state index contributed by atoms with van der Waals surface area (Å²) < 4.78 is 34.8. The minimum atomic E-state index is -0.583. The molecule has 10 heteroatoms. The minimum Gasteiger partial charge on any atom is -0.459 e. The molecule has 7 nitrogen and oxygen atoms in total. The smallest absolute Gasteiger partial charge is 0.265 e. The van der Waals surface area contributed by atoms with Crippen molar-refractivity contribution in [2.24, 2.45) is 0 Å². The fourth-order valence-corrected chi connectivity index (χ4v) is 22.8. The first-order chi connectivity index (χ1) is 67.5. The lowest BCUT2D eigenvalue weighted by molar-refractivity contribution is 0.443. The van der Waals surface area contributed by atoms with Gasteiger partial charge in [-0.05, 0) is 170 Å². The summed E-state index contributed by atoms with van der Waals surface area (Å²) in [7, 11) is 0. The molecule has 0 fully saturated rings. The number of hydrogen-bond acceptors (Lipinski definition) is 6. The van der Waals surface area contributed by atoms with Crippen LogP contribution in [0.3, 0.4) is 0 Å². The molecule has 0 aliphatic carbocycles. The Kier molecular flexibility index (Phi) is 17.6. The molecule has 0 bridgehead atoms. The number of para-hydroxylation sites is 2. The van der Waals surface area contributed by atoms with E-state index in [1.54, 1.807) is 0 Å². The second kappa shape index (κ2) is 31.0. The van der Waals surface area contributed by atoms with E-state index in [1.165, 1.54) is 0 Å². The van der Waals surface area contributed by atoms with Gasteiger partial charge in [0.25, 0.3) is 20.1 Å². The van der Waals surface area contributed by atoms with Crippen LogP contribution in [0.25, 0.3) is 139 Å². The van der Waals surface area contributed by atoms with Crippen molar-refractivity contribution in [2.75, 3.05) is 9.80 Å². The number of fused-ring (bicyclic) bond motifs is 17. The van der Waals surface area contributed by atoms with Crippen LogP contribution in [0.1, 0.15) is 0 Å². The van der Waals surface area contributed by atoms with Crippen molar-refractivity contribution in [1.82, 2.24) is 4.57 Å². The van der Waals surface area contributed by atoms with Gasteiger partial charge in [0.05, 0.1) is 28.1 Å². The lowest BCUT2D eigenvalue weighted by Gasteiger charge is -2.47. The minimum absolute atomic E-state index is 0.340. The first kappa shape index (κ1) is 77.2. The lowest BCUT2D eigenvalue weighted by atomic mass is 9.29. The second-order valence-electron chi connectivity index (χ2n) is 36.2. The molecule has 0 unspecified atom stereocenters. The standard InChI is InChI=1S/C126H78B3N3O4/c1-11-33-79(34-12-1)89-61-67-112-104(69-89)127-105-70-90(80-35-13-2-14-36-80)62-68-113(105)135-126-120(127)116(133-112)78-117-122(126)129-103-66-60-94(84-43-21-6-22-44-84)74-114(103)136-125-119-111(77-115(134-117)121(125)129)132(124-98(87-49-27-9-28-50-87)55-32-56-99(124)88-51-29-10-30-52-88)110-76-95(130-106-71-91(81-37-15-3-16-38-81)57-63-100(106)101-64-58-92(72-107(101)130)82-39-17-4-18-40-82)75-109-118(110)128(119)102-65-59-93(83-41-19-5-20-42-83)73-108(102)131(109)123-96(85-45-23-7-24-46-85)53-31-54-97(123)86-47-25-8-26-48-86/h1-78H. The summed E-state index contributed by atoms with van der Waals surface area (Å²) in [6.45, 7) is -1.49. The Morgan fingerprint density at radius 3 is 0.904 bits per heavy atom. The number of ether oxygens (including phenoxy) is 4. The molecule has 0 amide bonds.